The van der Waals surface area contributed by atoms with Crippen LogP contribution in [0.2, 0.25) is 0 Å². The largest absolute Gasteiger partial charge is 0.297 e. The van der Waals surface area contributed by atoms with Crippen LogP contribution in [-0.4, -0.2) is 20.0 Å². The molecule has 0 bridgehead atoms. The molecule has 2 rings (SSSR count). The second kappa shape index (κ2) is 5.17. The molecule has 0 saturated heterocycles. The van der Waals surface area contributed by atoms with Gasteiger partial charge < -0.3 is 0 Å². The van der Waals surface area contributed by atoms with Crippen molar-refractivity contribution in [2.45, 2.75) is 18.7 Å². The maximum atomic E-state index is 12.0. The first-order valence-electron chi connectivity index (χ1n) is 5.43. The van der Waals surface area contributed by atoms with Crippen molar-refractivity contribution in [3.05, 3.63) is 34.7 Å². The Kier molecular flexibility index (Phi) is 3.79. The Morgan fingerprint density at radius 3 is 2.78 bits per heavy atom. The topological polar surface area (TPSA) is 56.3 Å². The molecule has 2 aromatic rings. The van der Waals surface area contributed by atoms with Gasteiger partial charge in [0.05, 0.1) is 17.8 Å². The maximum Gasteiger partial charge on any atom is 0.297 e. The number of hydrogen-bond acceptors (Lipinski definition) is 5. The van der Waals surface area contributed by atoms with Crippen molar-refractivity contribution in [3.8, 4) is 11.3 Å². The Morgan fingerprint density at radius 1 is 1.39 bits per heavy atom. The van der Waals surface area contributed by atoms with Gasteiger partial charge >= 0.3 is 0 Å². The lowest BCUT2D eigenvalue weighted by molar-refractivity contribution is 0.338. The van der Waals surface area contributed by atoms with Gasteiger partial charge in [-0.25, -0.2) is 4.98 Å². The van der Waals surface area contributed by atoms with Gasteiger partial charge in [0.1, 0.15) is 4.90 Å². The summed E-state index contributed by atoms with van der Waals surface area (Å²) in [7, 11) is -3.72. The van der Waals surface area contributed by atoms with E-state index in [1.807, 2.05) is 12.3 Å². The minimum absolute atomic E-state index is 0.118. The first kappa shape index (κ1) is 13.2. The Bertz CT molecular complexity index is 633. The third-order valence-electron chi connectivity index (χ3n) is 2.39. The quantitative estimate of drug-likeness (QED) is 0.810. The van der Waals surface area contributed by atoms with Crippen molar-refractivity contribution in [1.29, 1.82) is 0 Å². The molecule has 1 aromatic carbocycles. The summed E-state index contributed by atoms with van der Waals surface area (Å²) in [6.07, 6.45) is 0. The average molecular weight is 283 g/mol. The molecule has 0 fully saturated rings. The van der Waals surface area contributed by atoms with Crippen LogP contribution >= 0.6 is 11.3 Å². The zero-order valence-electron chi connectivity index (χ0n) is 10.1. The lowest BCUT2D eigenvalue weighted by Crippen LogP contribution is -2.07. The first-order valence-corrected chi connectivity index (χ1v) is 7.78. The fourth-order valence-corrected chi connectivity index (χ4v) is 3.28. The standard InChI is InChI=1S/C12H13NO3S2/c1-3-16-18(14,15)12-5-4-9(2)6-10(12)11-7-17-8-13-11/h4-8H,3H2,1-2H3. The summed E-state index contributed by atoms with van der Waals surface area (Å²) in [4.78, 5) is 4.33. The average Bonchev–Trinajstić information content (AvgIpc) is 2.81. The fraction of sp³-hybridized carbons (Fsp3) is 0.250. The molecule has 0 atom stereocenters. The van der Waals surface area contributed by atoms with Crippen molar-refractivity contribution in [1.82, 2.24) is 4.98 Å². The smallest absolute Gasteiger partial charge is 0.267 e. The van der Waals surface area contributed by atoms with Crippen LogP contribution in [0.3, 0.4) is 0 Å². The molecule has 1 aromatic heterocycles. The van der Waals surface area contributed by atoms with E-state index in [9.17, 15) is 8.42 Å². The lowest BCUT2D eigenvalue weighted by Gasteiger charge is -2.09. The van der Waals surface area contributed by atoms with E-state index in [1.165, 1.54) is 11.3 Å². The number of aromatic nitrogens is 1. The van der Waals surface area contributed by atoms with Crippen LogP contribution in [0.5, 0.6) is 0 Å². The summed E-state index contributed by atoms with van der Waals surface area (Å²) in [5.74, 6) is 0. The molecule has 0 N–H and O–H groups in total. The highest BCUT2D eigenvalue weighted by Crippen LogP contribution is 2.29. The van der Waals surface area contributed by atoms with E-state index in [4.69, 9.17) is 4.18 Å². The van der Waals surface area contributed by atoms with Crippen molar-refractivity contribution >= 4 is 21.5 Å². The Hall–Kier alpha value is -1.24. The van der Waals surface area contributed by atoms with Gasteiger partial charge in [-0.2, -0.15) is 8.42 Å². The third kappa shape index (κ3) is 2.60. The van der Waals surface area contributed by atoms with Crippen LogP contribution in [0.1, 0.15) is 12.5 Å². The van der Waals surface area contributed by atoms with E-state index in [2.05, 4.69) is 4.98 Å². The highest BCUT2D eigenvalue weighted by molar-refractivity contribution is 7.87. The molecule has 18 heavy (non-hydrogen) atoms. The molecule has 0 aliphatic carbocycles. The number of nitrogens with zero attached hydrogens (tertiary/aromatic N) is 1. The van der Waals surface area contributed by atoms with Crippen LogP contribution in [-0.2, 0) is 14.3 Å². The molecule has 4 nitrogen and oxygen atoms in total. The molecule has 0 aliphatic heterocycles. The second-order valence-electron chi connectivity index (χ2n) is 3.73. The summed E-state index contributed by atoms with van der Waals surface area (Å²) >= 11 is 1.43. The maximum absolute atomic E-state index is 12.0. The second-order valence-corrected chi connectivity index (χ2v) is 6.04. The molecule has 0 aliphatic rings. The molecule has 0 amide bonds. The van der Waals surface area contributed by atoms with Gasteiger partial charge in [0.25, 0.3) is 10.1 Å². The summed E-state index contributed by atoms with van der Waals surface area (Å²) in [5, 5.41) is 1.82. The van der Waals surface area contributed by atoms with Gasteiger partial charge in [0.2, 0.25) is 0 Å². The van der Waals surface area contributed by atoms with Gasteiger partial charge in [0.15, 0.2) is 0 Å². The van der Waals surface area contributed by atoms with Gasteiger partial charge in [-0.1, -0.05) is 11.6 Å². The van der Waals surface area contributed by atoms with Gasteiger partial charge in [0, 0.05) is 10.9 Å². The van der Waals surface area contributed by atoms with Gasteiger partial charge in [-0.05, 0) is 26.0 Å². The predicted octanol–water partition coefficient (Wildman–Crippen LogP) is 2.84. The fourth-order valence-electron chi connectivity index (χ4n) is 1.63. The van der Waals surface area contributed by atoms with E-state index >= 15 is 0 Å². The normalized spacial score (nSPS) is 11.7. The van der Waals surface area contributed by atoms with Crippen LogP contribution in [0.15, 0.2) is 34.0 Å². The molecule has 0 unspecified atom stereocenters. The zero-order chi connectivity index (χ0) is 13.2. The molecular formula is C12H13NO3S2. The van der Waals surface area contributed by atoms with Crippen molar-refractivity contribution < 1.29 is 12.6 Å². The predicted molar refractivity (Wildman–Crippen MR) is 71.1 cm³/mol. The molecule has 0 radical (unpaired) electrons. The van der Waals surface area contributed by atoms with Crippen molar-refractivity contribution in [2.75, 3.05) is 6.61 Å². The summed E-state index contributed by atoms with van der Waals surface area (Å²) in [6.45, 7) is 3.67. The number of rotatable bonds is 4. The van der Waals surface area contributed by atoms with E-state index < -0.39 is 10.1 Å². The molecule has 0 spiro atoms. The Morgan fingerprint density at radius 2 is 2.17 bits per heavy atom. The van der Waals surface area contributed by atoms with Crippen LogP contribution in [0.4, 0.5) is 0 Å². The van der Waals surface area contributed by atoms with Crippen molar-refractivity contribution in [3.63, 3.8) is 0 Å². The number of benzene rings is 1. The lowest BCUT2D eigenvalue weighted by atomic mass is 10.1. The van der Waals surface area contributed by atoms with Gasteiger partial charge in [-0.3, -0.25) is 4.18 Å². The monoisotopic (exact) mass is 283 g/mol. The summed E-state index contributed by atoms with van der Waals surface area (Å²) in [5.41, 5.74) is 3.90. The van der Waals surface area contributed by atoms with Crippen molar-refractivity contribution in [2.24, 2.45) is 0 Å². The molecule has 96 valence electrons. The van der Waals surface area contributed by atoms with Crippen LogP contribution in [0, 0.1) is 6.92 Å². The van der Waals surface area contributed by atoms with E-state index in [0.717, 1.165) is 5.56 Å². The molecule has 0 saturated carbocycles. The molecule has 1 heterocycles. The molecular weight excluding hydrogens is 270 g/mol. The highest BCUT2D eigenvalue weighted by Gasteiger charge is 2.20. The highest BCUT2D eigenvalue weighted by atomic mass is 32.2. The van der Waals surface area contributed by atoms with E-state index in [1.54, 1.807) is 30.6 Å². The van der Waals surface area contributed by atoms with Gasteiger partial charge in [-0.15, -0.1) is 11.3 Å². The third-order valence-corrected chi connectivity index (χ3v) is 4.41. The first-order chi connectivity index (χ1) is 8.54. The summed E-state index contributed by atoms with van der Waals surface area (Å²) in [6, 6.07) is 5.12. The van der Waals surface area contributed by atoms with Crippen LogP contribution in [0.25, 0.3) is 11.3 Å². The Balaban J connectivity index is 2.62. The Labute approximate surface area is 110 Å². The number of thiazole rings is 1. The zero-order valence-corrected chi connectivity index (χ0v) is 11.7. The van der Waals surface area contributed by atoms with E-state index in [-0.39, 0.29) is 11.5 Å². The number of hydrogen-bond donors (Lipinski definition) is 0. The summed E-state index contributed by atoms with van der Waals surface area (Å²) < 4.78 is 28.9. The van der Waals surface area contributed by atoms with E-state index in [0.29, 0.717) is 11.3 Å². The SMILES string of the molecule is CCOS(=O)(=O)c1ccc(C)cc1-c1cscn1. The number of aryl methyl sites for hydroxylation is 1. The minimum Gasteiger partial charge on any atom is -0.267 e. The molecule has 6 heteroatoms. The van der Waals surface area contributed by atoms with Crippen LogP contribution < -0.4 is 0 Å². The minimum atomic E-state index is -3.72.